The largest absolute Gasteiger partial charge is 0.479 e. The molecule has 4 rings (SSSR count). The third-order valence-electron chi connectivity index (χ3n) is 5.64. The third kappa shape index (κ3) is 6.45. The van der Waals surface area contributed by atoms with Crippen LogP contribution in [0.2, 0.25) is 5.02 Å². The Bertz CT molecular complexity index is 1490. The fraction of sp³-hybridized carbons (Fsp3) is 0.160. The van der Waals surface area contributed by atoms with Crippen LogP contribution in [-0.2, 0) is 30.6 Å². The van der Waals surface area contributed by atoms with Crippen molar-refractivity contribution in [2.24, 2.45) is 0 Å². The van der Waals surface area contributed by atoms with Gasteiger partial charge >= 0.3 is 5.97 Å². The van der Waals surface area contributed by atoms with E-state index in [4.69, 9.17) is 11.6 Å². The second kappa shape index (κ2) is 11.1. The van der Waals surface area contributed by atoms with E-state index < -0.39 is 37.9 Å². The van der Waals surface area contributed by atoms with Gasteiger partial charge < -0.3 is 5.11 Å². The highest BCUT2D eigenvalue weighted by Gasteiger charge is 2.41. The van der Waals surface area contributed by atoms with E-state index in [1.54, 1.807) is 66.7 Å². The lowest BCUT2D eigenvalue weighted by atomic mass is 10.1. The van der Waals surface area contributed by atoms with E-state index in [-0.39, 0.29) is 18.0 Å². The van der Waals surface area contributed by atoms with E-state index in [9.17, 15) is 26.7 Å². The Balaban J connectivity index is 1.61. The predicted molar refractivity (Wildman–Crippen MR) is 140 cm³/mol. The van der Waals surface area contributed by atoms with Gasteiger partial charge in [-0.1, -0.05) is 78.4 Å². The van der Waals surface area contributed by atoms with Crippen molar-refractivity contribution in [1.82, 2.24) is 14.1 Å². The number of aliphatic carboxylic acids is 1. The lowest BCUT2D eigenvalue weighted by Crippen LogP contribution is -2.60. The Labute approximate surface area is 220 Å². The molecule has 0 fully saturated rings. The summed E-state index contributed by atoms with van der Waals surface area (Å²) >= 11 is 5.93. The van der Waals surface area contributed by atoms with Gasteiger partial charge in [0.15, 0.2) is 6.17 Å². The molecule has 0 saturated carbocycles. The molecule has 3 aromatic carbocycles. The smallest absolute Gasteiger partial charge is 0.338 e. The first-order valence-corrected chi connectivity index (χ1v) is 14.6. The molecule has 2 N–H and O–H groups in total. The highest BCUT2D eigenvalue weighted by atomic mass is 35.5. The highest BCUT2D eigenvalue weighted by molar-refractivity contribution is 7.89. The van der Waals surface area contributed by atoms with Gasteiger partial charge in [-0.05, 0) is 41.0 Å². The van der Waals surface area contributed by atoms with E-state index in [0.29, 0.717) is 10.6 Å². The Morgan fingerprint density at radius 1 is 0.865 bits per heavy atom. The fourth-order valence-electron chi connectivity index (χ4n) is 3.90. The normalized spacial score (nSPS) is 17.4. The molecule has 1 atom stereocenters. The summed E-state index contributed by atoms with van der Waals surface area (Å²) < 4.78 is 53.5. The summed E-state index contributed by atoms with van der Waals surface area (Å²) in [6.45, 7) is -0.401. The maximum Gasteiger partial charge on any atom is 0.338 e. The van der Waals surface area contributed by atoms with Gasteiger partial charge in [0.05, 0.1) is 10.6 Å². The van der Waals surface area contributed by atoms with Gasteiger partial charge in [-0.2, -0.15) is 9.31 Å². The lowest BCUT2D eigenvalue weighted by Gasteiger charge is -2.33. The van der Waals surface area contributed by atoms with Gasteiger partial charge in [0.1, 0.15) is 0 Å². The molecule has 0 amide bonds. The number of benzene rings is 3. The minimum atomic E-state index is -4.33. The van der Waals surface area contributed by atoms with Crippen LogP contribution in [0.1, 0.15) is 5.56 Å². The van der Waals surface area contributed by atoms with Gasteiger partial charge in [0, 0.05) is 18.1 Å². The Morgan fingerprint density at radius 2 is 1.43 bits per heavy atom. The Hall–Kier alpha value is -3.06. The van der Waals surface area contributed by atoms with Gasteiger partial charge in [-0.25, -0.2) is 21.6 Å². The summed E-state index contributed by atoms with van der Waals surface area (Å²) in [4.78, 5) is 14.4. The number of rotatable bonds is 8. The molecular formula is C25H24ClN3O6S2. The molecule has 1 heterocycles. The molecule has 3 aromatic rings. The number of halogens is 1. The van der Waals surface area contributed by atoms with Crippen LogP contribution in [0.3, 0.4) is 0 Å². The number of carbonyl (C=O) groups is 1. The minimum Gasteiger partial charge on any atom is -0.479 e. The van der Waals surface area contributed by atoms with Crippen LogP contribution in [0.4, 0.5) is 0 Å². The van der Waals surface area contributed by atoms with Crippen LogP contribution < -0.4 is 4.83 Å². The third-order valence-corrected chi connectivity index (χ3v) is 8.95. The average Bonchev–Trinajstić information content (AvgIpc) is 3.07. The molecule has 1 aliphatic rings. The van der Waals surface area contributed by atoms with Crippen molar-refractivity contribution in [1.29, 1.82) is 0 Å². The number of hydrazine groups is 1. The average molecular weight is 562 g/mol. The van der Waals surface area contributed by atoms with Crippen molar-refractivity contribution in [2.45, 2.75) is 16.8 Å². The zero-order valence-corrected chi connectivity index (χ0v) is 21.8. The van der Waals surface area contributed by atoms with Crippen molar-refractivity contribution < 1.29 is 26.7 Å². The number of carboxylic acid groups (broad SMARTS) is 1. The Kier molecular flexibility index (Phi) is 8.12. The molecule has 1 unspecified atom stereocenters. The molecule has 0 bridgehead atoms. The van der Waals surface area contributed by atoms with E-state index in [0.717, 1.165) is 20.4 Å². The number of nitrogens with one attached hydrogen (secondary N) is 1. The van der Waals surface area contributed by atoms with Crippen molar-refractivity contribution in [3.63, 3.8) is 0 Å². The van der Waals surface area contributed by atoms with Crippen LogP contribution >= 0.6 is 11.6 Å². The van der Waals surface area contributed by atoms with Crippen molar-refractivity contribution in [3.8, 4) is 11.1 Å². The van der Waals surface area contributed by atoms with Crippen LogP contribution in [0, 0.1) is 0 Å². The molecule has 0 spiro atoms. The number of hydrogen-bond donors (Lipinski definition) is 2. The summed E-state index contributed by atoms with van der Waals surface area (Å²) in [5, 5.41) is 11.5. The van der Waals surface area contributed by atoms with E-state index >= 15 is 0 Å². The first-order chi connectivity index (χ1) is 17.6. The van der Waals surface area contributed by atoms with Crippen molar-refractivity contribution in [3.05, 3.63) is 102 Å². The number of nitrogens with zero attached hydrogens (tertiary/aromatic N) is 2. The molecule has 194 valence electrons. The Morgan fingerprint density at radius 3 is 2.03 bits per heavy atom. The fourth-order valence-corrected chi connectivity index (χ4v) is 6.75. The SMILES string of the molecule is O=C(O)C1N(NS(=O)(=O)Cc2ccccc2)CC=CCN1S(=O)(=O)c1ccc(-c2ccc(Cl)cc2)cc1. The molecule has 37 heavy (non-hydrogen) atoms. The lowest BCUT2D eigenvalue weighted by molar-refractivity contribution is -0.148. The maximum atomic E-state index is 13.6. The topological polar surface area (TPSA) is 124 Å². The molecule has 9 nitrogen and oxygen atoms in total. The van der Waals surface area contributed by atoms with Crippen molar-refractivity contribution >= 4 is 37.6 Å². The minimum absolute atomic E-state index is 0.126. The zero-order chi connectivity index (χ0) is 26.6. The van der Waals surface area contributed by atoms with Crippen LogP contribution in [0.25, 0.3) is 11.1 Å². The summed E-state index contributed by atoms with van der Waals surface area (Å²) in [7, 11) is -8.37. The zero-order valence-electron chi connectivity index (χ0n) is 19.4. The second-order valence-corrected chi connectivity index (χ2v) is 12.3. The standard InChI is InChI=1S/C25H24ClN3O6S2/c26-22-12-8-20(9-13-22)21-10-14-23(15-11-21)37(34,35)29-17-5-4-16-28(24(29)25(30)31)27-36(32,33)18-19-6-2-1-3-7-19/h1-15,24,27H,16-18H2,(H,30,31). The monoisotopic (exact) mass is 561 g/mol. The van der Waals surface area contributed by atoms with Crippen LogP contribution in [0.15, 0.2) is 95.9 Å². The first-order valence-electron chi connectivity index (χ1n) is 11.1. The van der Waals surface area contributed by atoms with E-state index in [2.05, 4.69) is 4.83 Å². The quantitative estimate of drug-likeness (QED) is 0.404. The van der Waals surface area contributed by atoms with Gasteiger partial charge in [0.25, 0.3) is 0 Å². The molecule has 0 radical (unpaired) electrons. The van der Waals surface area contributed by atoms with Gasteiger partial charge in [-0.15, -0.1) is 4.83 Å². The number of carboxylic acids is 1. The number of sulfonamides is 2. The molecule has 0 aromatic heterocycles. The number of hydrogen-bond acceptors (Lipinski definition) is 6. The van der Waals surface area contributed by atoms with Crippen LogP contribution in [-0.4, -0.2) is 56.5 Å². The summed E-state index contributed by atoms with van der Waals surface area (Å²) in [6, 6.07) is 21.4. The second-order valence-electron chi connectivity index (χ2n) is 8.28. The van der Waals surface area contributed by atoms with E-state index in [1.165, 1.54) is 24.3 Å². The summed E-state index contributed by atoms with van der Waals surface area (Å²) in [6.07, 6.45) is 1.18. The predicted octanol–water partition coefficient (Wildman–Crippen LogP) is 3.31. The van der Waals surface area contributed by atoms with Gasteiger partial charge in [-0.3, -0.25) is 0 Å². The van der Waals surface area contributed by atoms with Crippen LogP contribution in [0.5, 0.6) is 0 Å². The summed E-state index contributed by atoms with van der Waals surface area (Å²) in [5.74, 6) is -1.92. The summed E-state index contributed by atoms with van der Waals surface area (Å²) in [5.41, 5.74) is 2.07. The molecule has 12 heteroatoms. The molecule has 1 aliphatic heterocycles. The van der Waals surface area contributed by atoms with Crippen molar-refractivity contribution in [2.75, 3.05) is 13.1 Å². The maximum absolute atomic E-state index is 13.6. The van der Waals surface area contributed by atoms with E-state index in [1.807, 2.05) is 0 Å². The molecule has 0 aliphatic carbocycles. The first kappa shape index (κ1) is 27.0. The molecule has 0 saturated heterocycles. The van der Waals surface area contributed by atoms with Gasteiger partial charge in [0.2, 0.25) is 20.0 Å². The molecular weight excluding hydrogens is 538 g/mol. The highest BCUT2D eigenvalue weighted by Crippen LogP contribution is 2.26.